The molecule has 2 heterocycles. The molecule has 0 saturated carbocycles. The first-order valence-corrected chi connectivity index (χ1v) is 10.0. The number of aryl methyl sites for hydroxylation is 1. The van der Waals surface area contributed by atoms with Crippen molar-refractivity contribution in [3.63, 3.8) is 0 Å². The number of aromatic nitrogens is 1. The van der Waals surface area contributed by atoms with Crippen LogP contribution in [-0.4, -0.2) is 47.4 Å². The molecule has 1 aliphatic rings. The molecule has 10 heteroatoms. The van der Waals surface area contributed by atoms with Crippen LogP contribution in [0.5, 0.6) is 0 Å². The van der Waals surface area contributed by atoms with E-state index in [0.717, 1.165) is 6.07 Å². The Morgan fingerprint density at radius 2 is 1.93 bits per heavy atom. The second-order valence-corrected chi connectivity index (χ2v) is 7.74. The molecule has 0 radical (unpaired) electrons. The van der Waals surface area contributed by atoms with E-state index in [4.69, 9.17) is 0 Å². The van der Waals surface area contributed by atoms with Crippen LogP contribution in [0.3, 0.4) is 0 Å². The molecule has 1 fully saturated rings. The van der Waals surface area contributed by atoms with Gasteiger partial charge in [-0.2, -0.15) is 13.2 Å². The highest BCUT2D eigenvalue weighted by molar-refractivity contribution is 7.11. The second-order valence-electron chi connectivity index (χ2n) is 6.88. The van der Waals surface area contributed by atoms with Gasteiger partial charge in [-0.15, -0.1) is 11.3 Å². The van der Waals surface area contributed by atoms with E-state index in [9.17, 15) is 22.8 Å². The summed E-state index contributed by atoms with van der Waals surface area (Å²) in [6.45, 7) is 2.92. The minimum absolute atomic E-state index is 0.000804. The van der Waals surface area contributed by atoms with Crippen LogP contribution in [0.25, 0.3) is 0 Å². The second kappa shape index (κ2) is 8.91. The van der Waals surface area contributed by atoms with Crippen LogP contribution in [0.1, 0.15) is 33.8 Å². The van der Waals surface area contributed by atoms with Crippen molar-refractivity contribution >= 4 is 28.8 Å². The van der Waals surface area contributed by atoms with Gasteiger partial charge in [0.2, 0.25) is 5.91 Å². The molecule has 3 rings (SSSR count). The summed E-state index contributed by atoms with van der Waals surface area (Å²) in [5, 5.41) is 5.34. The largest absolute Gasteiger partial charge is 0.418 e. The lowest BCUT2D eigenvalue weighted by Gasteiger charge is -2.31. The lowest BCUT2D eigenvalue weighted by molar-refractivity contribution is -0.137. The number of anilines is 1. The van der Waals surface area contributed by atoms with Crippen molar-refractivity contribution in [2.24, 2.45) is 0 Å². The number of para-hydroxylation sites is 1. The number of piperidine rings is 1. The van der Waals surface area contributed by atoms with Gasteiger partial charge in [0.1, 0.15) is 4.88 Å². The predicted molar refractivity (Wildman–Crippen MR) is 104 cm³/mol. The van der Waals surface area contributed by atoms with E-state index in [0.29, 0.717) is 36.5 Å². The zero-order valence-corrected chi connectivity index (χ0v) is 16.6. The van der Waals surface area contributed by atoms with Crippen LogP contribution in [0.2, 0.25) is 0 Å². The molecule has 2 amide bonds. The molecule has 1 aromatic carbocycles. The average molecular weight is 426 g/mol. The number of rotatable bonds is 5. The Balaban J connectivity index is 1.48. The van der Waals surface area contributed by atoms with Crippen molar-refractivity contribution in [3.8, 4) is 0 Å². The molecule has 29 heavy (non-hydrogen) atoms. The van der Waals surface area contributed by atoms with Crippen molar-refractivity contribution in [1.82, 2.24) is 15.2 Å². The first-order valence-electron chi connectivity index (χ1n) is 9.13. The number of thiazole rings is 1. The third kappa shape index (κ3) is 5.54. The third-order valence-electron chi connectivity index (χ3n) is 4.75. The Kier molecular flexibility index (Phi) is 6.53. The number of nitrogens with one attached hydrogen (secondary N) is 2. The Morgan fingerprint density at radius 1 is 1.24 bits per heavy atom. The average Bonchev–Trinajstić information content (AvgIpc) is 3.09. The molecule has 2 aromatic rings. The van der Waals surface area contributed by atoms with E-state index in [1.165, 1.54) is 29.5 Å². The molecule has 0 spiro atoms. The van der Waals surface area contributed by atoms with Crippen LogP contribution < -0.4 is 10.6 Å². The normalized spacial score (nSPS) is 15.9. The number of carbonyl (C=O) groups excluding carboxylic acids is 2. The Hall–Kier alpha value is -2.46. The van der Waals surface area contributed by atoms with Crippen molar-refractivity contribution in [2.75, 3.05) is 25.0 Å². The molecule has 2 N–H and O–H groups in total. The highest BCUT2D eigenvalue weighted by Crippen LogP contribution is 2.34. The summed E-state index contributed by atoms with van der Waals surface area (Å²) >= 11 is 1.29. The number of benzene rings is 1. The van der Waals surface area contributed by atoms with Gasteiger partial charge in [0.25, 0.3) is 5.91 Å². The Morgan fingerprint density at radius 3 is 2.55 bits per heavy atom. The summed E-state index contributed by atoms with van der Waals surface area (Å²) < 4.78 is 39.1. The molecule has 0 unspecified atom stereocenters. The first-order chi connectivity index (χ1) is 13.7. The number of alkyl halides is 3. The molecular formula is C19H21F3N4O2S. The van der Waals surface area contributed by atoms with Gasteiger partial charge in [0.15, 0.2) is 0 Å². The fraction of sp³-hybridized carbons (Fsp3) is 0.421. The SMILES string of the molecule is Cc1ncsc1C(=O)NC1CCN(CC(=O)Nc2ccccc2C(F)(F)F)CC1. The third-order valence-corrected chi connectivity index (χ3v) is 5.68. The van der Waals surface area contributed by atoms with E-state index in [1.54, 1.807) is 12.4 Å². The van der Waals surface area contributed by atoms with Crippen molar-refractivity contribution < 1.29 is 22.8 Å². The minimum atomic E-state index is -4.53. The fourth-order valence-electron chi connectivity index (χ4n) is 3.24. The molecule has 156 valence electrons. The zero-order valence-electron chi connectivity index (χ0n) is 15.8. The first kappa shape index (κ1) is 21.3. The number of carbonyl (C=O) groups is 2. The van der Waals surface area contributed by atoms with Crippen molar-refractivity contribution in [2.45, 2.75) is 32.0 Å². The highest BCUT2D eigenvalue weighted by atomic mass is 32.1. The summed E-state index contributed by atoms with van der Waals surface area (Å²) in [4.78, 5) is 31.0. The topological polar surface area (TPSA) is 74.3 Å². The highest BCUT2D eigenvalue weighted by Gasteiger charge is 2.33. The molecular weight excluding hydrogens is 405 g/mol. The van der Waals surface area contributed by atoms with Gasteiger partial charge >= 0.3 is 6.18 Å². The van der Waals surface area contributed by atoms with E-state index >= 15 is 0 Å². The zero-order chi connectivity index (χ0) is 21.0. The quantitative estimate of drug-likeness (QED) is 0.770. The molecule has 0 aliphatic carbocycles. The molecule has 6 nitrogen and oxygen atoms in total. The van der Waals surface area contributed by atoms with Gasteiger partial charge in [-0.1, -0.05) is 12.1 Å². The van der Waals surface area contributed by atoms with E-state index in [2.05, 4.69) is 15.6 Å². The van der Waals surface area contributed by atoms with Gasteiger partial charge in [0, 0.05) is 19.1 Å². The van der Waals surface area contributed by atoms with E-state index in [-0.39, 0.29) is 24.2 Å². The molecule has 0 atom stereocenters. The number of hydrogen-bond acceptors (Lipinski definition) is 5. The van der Waals surface area contributed by atoms with Gasteiger partial charge in [-0.25, -0.2) is 4.98 Å². The summed E-state index contributed by atoms with van der Waals surface area (Å²) in [7, 11) is 0. The van der Waals surface area contributed by atoms with Gasteiger partial charge in [0.05, 0.1) is 29.0 Å². The van der Waals surface area contributed by atoms with Crippen LogP contribution in [-0.2, 0) is 11.0 Å². The number of amides is 2. The van der Waals surface area contributed by atoms with Crippen LogP contribution >= 0.6 is 11.3 Å². The maximum absolute atomic E-state index is 13.0. The maximum atomic E-state index is 13.0. The van der Waals surface area contributed by atoms with E-state index < -0.39 is 17.6 Å². The number of nitrogens with zero attached hydrogens (tertiary/aromatic N) is 2. The number of likely N-dealkylation sites (tertiary alicyclic amines) is 1. The molecule has 1 aromatic heterocycles. The van der Waals surface area contributed by atoms with Gasteiger partial charge < -0.3 is 10.6 Å². The van der Waals surface area contributed by atoms with Crippen LogP contribution in [0, 0.1) is 6.92 Å². The summed E-state index contributed by atoms with van der Waals surface area (Å²) in [6.07, 6.45) is -3.21. The minimum Gasteiger partial charge on any atom is -0.348 e. The molecule has 1 aliphatic heterocycles. The van der Waals surface area contributed by atoms with Gasteiger partial charge in [-0.05, 0) is 31.9 Å². The Bertz CT molecular complexity index is 876. The molecule has 0 bridgehead atoms. The lowest BCUT2D eigenvalue weighted by atomic mass is 10.0. The van der Waals surface area contributed by atoms with Crippen LogP contribution in [0.15, 0.2) is 29.8 Å². The number of hydrogen-bond donors (Lipinski definition) is 2. The van der Waals surface area contributed by atoms with Crippen LogP contribution in [0.4, 0.5) is 18.9 Å². The summed E-state index contributed by atoms with van der Waals surface area (Å²) in [5.41, 5.74) is 1.21. The fourth-order valence-corrected chi connectivity index (χ4v) is 3.94. The Labute approximate surface area is 170 Å². The number of halogens is 3. The van der Waals surface area contributed by atoms with E-state index in [1.807, 2.05) is 4.90 Å². The molecule has 1 saturated heterocycles. The maximum Gasteiger partial charge on any atom is 0.418 e. The predicted octanol–water partition coefficient (Wildman–Crippen LogP) is 3.30. The summed E-state index contributed by atoms with van der Waals surface area (Å²) in [5.74, 6) is -0.644. The summed E-state index contributed by atoms with van der Waals surface area (Å²) in [6, 6.07) is 4.91. The standard InChI is InChI=1S/C19H21F3N4O2S/c1-12-17(29-11-23-12)18(28)24-13-6-8-26(9-7-13)10-16(27)25-15-5-3-2-4-14(15)19(20,21)22/h2-5,11,13H,6-10H2,1H3,(H,24,28)(H,25,27). The lowest BCUT2D eigenvalue weighted by Crippen LogP contribution is -2.46. The van der Waals surface area contributed by atoms with Crippen molar-refractivity contribution in [1.29, 1.82) is 0 Å². The smallest absolute Gasteiger partial charge is 0.348 e. The van der Waals surface area contributed by atoms with Gasteiger partial charge in [-0.3, -0.25) is 14.5 Å². The van der Waals surface area contributed by atoms with Crippen molar-refractivity contribution in [3.05, 3.63) is 45.9 Å². The monoisotopic (exact) mass is 426 g/mol.